The van der Waals surface area contributed by atoms with Crippen LogP contribution in [0, 0.1) is 6.92 Å². The maximum Gasteiger partial charge on any atom is 0.322 e. The summed E-state index contributed by atoms with van der Waals surface area (Å²) < 4.78 is 0. The van der Waals surface area contributed by atoms with Crippen molar-refractivity contribution in [1.82, 2.24) is 10.2 Å². The Morgan fingerprint density at radius 2 is 1.85 bits per heavy atom. The highest BCUT2D eigenvalue weighted by Gasteiger charge is 2.43. The van der Waals surface area contributed by atoms with Gasteiger partial charge in [-0.3, -0.25) is 9.69 Å². The lowest BCUT2D eigenvalue weighted by molar-refractivity contribution is -0.114. The summed E-state index contributed by atoms with van der Waals surface area (Å²) in [5, 5.41) is 3.51. The van der Waals surface area contributed by atoms with Gasteiger partial charge in [-0.15, -0.1) is 0 Å². The standard InChI is InChI=1S/C20H18ClN3O2/c1-12-6-8-13(9-7-12)18-17-16(23(2)20(26)22-18)11-24(19(17)25)15-5-3-4-14(21)10-15/h3-10,18H,11H2,1-2H3,(H,22,26)/t18-/m1/s1. The SMILES string of the molecule is Cc1ccc([C@H]2NC(=O)N(C)C3=C2C(=O)N(c2cccc(Cl)c2)C3)cc1. The average Bonchev–Trinajstić information content (AvgIpc) is 2.97. The summed E-state index contributed by atoms with van der Waals surface area (Å²) >= 11 is 6.09. The van der Waals surface area contributed by atoms with E-state index in [1.807, 2.05) is 43.3 Å². The van der Waals surface area contributed by atoms with Gasteiger partial charge >= 0.3 is 6.03 Å². The van der Waals surface area contributed by atoms with Crippen LogP contribution in [0.5, 0.6) is 0 Å². The molecular weight excluding hydrogens is 350 g/mol. The molecule has 0 bridgehead atoms. The molecule has 4 rings (SSSR count). The minimum atomic E-state index is -0.453. The van der Waals surface area contributed by atoms with Gasteiger partial charge in [-0.05, 0) is 30.7 Å². The van der Waals surface area contributed by atoms with Crippen LogP contribution < -0.4 is 10.2 Å². The second-order valence-electron chi connectivity index (χ2n) is 6.58. The first-order valence-electron chi connectivity index (χ1n) is 8.37. The van der Waals surface area contributed by atoms with Gasteiger partial charge in [-0.1, -0.05) is 47.5 Å². The van der Waals surface area contributed by atoms with E-state index in [2.05, 4.69) is 5.32 Å². The van der Waals surface area contributed by atoms with Crippen molar-refractivity contribution in [2.75, 3.05) is 18.5 Å². The quantitative estimate of drug-likeness (QED) is 0.880. The van der Waals surface area contributed by atoms with Crippen molar-refractivity contribution < 1.29 is 9.59 Å². The third-order valence-electron chi connectivity index (χ3n) is 4.89. The number of carbonyl (C=O) groups is 2. The van der Waals surface area contributed by atoms with E-state index < -0.39 is 6.04 Å². The van der Waals surface area contributed by atoms with Crippen molar-refractivity contribution in [2.45, 2.75) is 13.0 Å². The number of rotatable bonds is 2. The number of carbonyl (C=O) groups excluding carboxylic acids is 2. The molecule has 2 aromatic carbocycles. The summed E-state index contributed by atoms with van der Waals surface area (Å²) in [5.74, 6) is -0.111. The monoisotopic (exact) mass is 367 g/mol. The van der Waals surface area contributed by atoms with Crippen molar-refractivity contribution in [1.29, 1.82) is 0 Å². The van der Waals surface area contributed by atoms with E-state index in [0.717, 1.165) is 22.5 Å². The molecule has 0 radical (unpaired) electrons. The Labute approximate surface area is 156 Å². The minimum absolute atomic E-state index is 0.111. The van der Waals surface area contributed by atoms with Gasteiger partial charge in [-0.2, -0.15) is 0 Å². The smallest absolute Gasteiger partial charge is 0.322 e. The summed E-state index contributed by atoms with van der Waals surface area (Å²) in [7, 11) is 1.69. The summed E-state index contributed by atoms with van der Waals surface area (Å²) in [5.41, 5.74) is 4.08. The molecule has 1 N–H and O–H groups in total. The van der Waals surface area contributed by atoms with Crippen molar-refractivity contribution in [2.24, 2.45) is 0 Å². The molecule has 2 aromatic rings. The zero-order valence-corrected chi connectivity index (χ0v) is 15.2. The number of hydrogen-bond acceptors (Lipinski definition) is 2. The fourth-order valence-corrected chi connectivity index (χ4v) is 3.61. The van der Waals surface area contributed by atoms with Crippen molar-refractivity contribution in [3.63, 3.8) is 0 Å². The number of anilines is 1. The predicted molar refractivity (Wildman–Crippen MR) is 101 cm³/mol. The van der Waals surface area contributed by atoms with Gasteiger partial charge in [0.1, 0.15) is 0 Å². The molecule has 0 saturated heterocycles. The Kier molecular flexibility index (Phi) is 3.96. The first kappa shape index (κ1) is 16.7. The van der Waals surface area contributed by atoms with E-state index in [1.165, 1.54) is 4.90 Å². The predicted octanol–water partition coefficient (Wildman–Crippen LogP) is 3.65. The van der Waals surface area contributed by atoms with E-state index in [4.69, 9.17) is 11.6 Å². The van der Waals surface area contributed by atoms with E-state index in [-0.39, 0.29) is 11.9 Å². The third kappa shape index (κ3) is 2.65. The maximum absolute atomic E-state index is 13.2. The number of nitrogens with zero attached hydrogens (tertiary/aromatic N) is 2. The van der Waals surface area contributed by atoms with E-state index in [0.29, 0.717) is 17.1 Å². The third-order valence-corrected chi connectivity index (χ3v) is 5.13. The Morgan fingerprint density at radius 3 is 2.54 bits per heavy atom. The van der Waals surface area contributed by atoms with E-state index in [9.17, 15) is 9.59 Å². The van der Waals surface area contributed by atoms with Crippen LogP contribution in [-0.2, 0) is 4.79 Å². The number of nitrogens with one attached hydrogen (secondary N) is 1. The van der Waals surface area contributed by atoms with Gasteiger partial charge in [0.15, 0.2) is 0 Å². The average molecular weight is 368 g/mol. The normalized spacial score (nSPS) is 19.7. The number of halogens is 1. The number of likely N-dealkylation sites (N-methyl/N-ethyl adjacent to an activating group) is 1. The highest BCUT2D eigenvalue weighted by molar-refractivity contribution is 6.31. The molecule has 0 aromatic heterocycles. The van der Waals surface area contributed by atoms with Crippen molar-refractivity contribution >= 4 is 29.2 Å². The summed E-state index contributed by atoms with van der Waals surface area (Å²) in [4.78, 5) is 28.8. The van der Waals surface area contributed by atoms with Crippen LogP contribution in [0.25, 0.3) is 0 Å². The molecule has 0 unspecified atom stereocenters. The van der Waals surface area contributed by atoms with Gasteiger partial charge in [-0.25, -0.2) is 4.79 Å². The first-order valence-corrected chi connectivity index (χ1v) is 8.75. The van der Waals surface area contributed by atoms with Gasteiger partial charge in [0.25, 0.3) is 5.91 Å². The lowest BCUT2D eigenvalue weighted by Crippen LogP contribution is -2.45. The lowest BCUT2D eigenvalue weighted by Gasteiger charge is -2.31. The number of amides is 3. The van der Waals surface area contributed by atoms with Crippen LogP contribution >= 0.6 is 11.6 Å². The first-order chi connectivity index (χ1) is 12.5. The molecule has 0 spiro atoms. The van der Waals surface area contributed by atoms with Gasteiger partial charge in [0.05, 0.1) is 23.9 Å². The fraction of sp³-hybridized carbons (Fsp3) is 0.200. The molecule has 2 aliphatic rings. The van der Waals surface area contributed by atoms with E-state index in [1.54, 1.807) is 24.1 Å². The van der Waals surface area contributed by atoms with E-state index >= 15 is 0 Å². The Bertz CT molecular complexity index is 936. The minimum Gasteiger partial charge on any atom is -0.327 e. The molecule has 0 aliphatic carbocycles. The number of benzene rings is 2. The Morgan fingerprint density at radius 1 is 1.12 bits per heavy atom. The van der Waals surface area contributed by atoms with Gasteiger partial charge in [0.2, 0.25) is 0 Å². The largest absolute Gasteiger partial charge is 0.327 e. The van der Waals surface area contributed by atoms with Crippen LogP contribution in [0.4, 0.5) is 10.5 Å². The molecule has 5 nitrogen and oxygen atoms in total. The van der Waals surface area contributed by atoms with Crippen LogP contribution in [0.1, 0.15) is 17.2 Å². The van der Waals surface area contributed by atoms with Gasteiger partial charge < -0.3 is 10.2 Å². The van der Waals surface area contributed by atoms with Crippen LogP contribution in [0.2, 0.25) is 5.02 Å². The number of urea groups is 1. The number of hydrogen-bond donors (Lipinski definition) is 1. The lowest BCUT2D eigenvalue weighted by atomic mass is 9.95. The molecule has 2 aliphatic heterocycles. The summed E-state index contributed by atoms with van der Waals surface area (Å²) in [6, 6.07) is 14.4. The van der Waals surface area contributed by atoms with Crippen molar-refractivity contribution in [3.8, 4) is 0 Å². The molecule has 132 valence electrons. The number of aryl methyl sites for hydroxylation is 1. The summed E-state index contributed by atoms with van der Waals surface area (Å²) in [6.07, 6.45) is 0. The molecule has 0 saturated carbocycles. The highest BCUT2D eigenvalue weighted by Crippen LogP contribution is 2.37. The zero-order valence-electron chi connectivity index (χ0n) is 14.5. The maximum atomic E-state index is 13.2. The van der Waals surface area contributed by atoms with Crippen LogP contribution in [0.3, 0.4) is 0 Å². The molecule has 2 heterocycles. The van der Waals surface area contributed by atoms with Gasteiger partial charge in [0, 0.05) is 17.8 Å². The highest BCUT2D eigenvalue weighted by atomic mass is 35.5. The van der Waals surface area contributed by atoms with Crippen LogP contribution in [-0.4, -0.2) is 30.4 Å². The molecular formula is C20H18ClN3O2. The van der Waals surface area contributed by atoms with Crippen molar-refractivity contribution in [3.05, 3.63) is 76.0 Å². The molecule has 1 atom stereocenters. The molecule has 3 amide bonds. The Balaban J connectivity index is 1.76. The second kappa shape index (κ2) is 6.18. The molecule has 6 heteroatoms. The zero-order chi connectivity index (χ0) is 18.4. The Hall–Kier alpha value is -2.79. The second-order valence-corrected chi connectivity index (χ2v) is 7.02. The fourth-order valence-electron chi connectivity index (χ4n) is 3.43. The molecule has 26 heavy (non-hydrogen) atoms. The molecule has 0 fully saturated rings. The van der Waals surface area contributed by atoms with Crippen LogP contribution in [0.15, 0.2) is 59.8 Å². The summed E-state index contributed by atoms with van der Waals surface area (Å²) in [6.45, 7) is 2.35. The topological polar surface area (TPSA) is 52.7 Å².